The molecule has 0 amide bonds. The lowest BCUT2D eigenvalue weighted by Crippen LogP contribution is -2.20. The SMILES string of the molecule is N[C@H](C(=O)O)c1ccc(N=Nc2ccccc2)cc1. The van der Waals surface area contributed by atoms with Crippen molar-refractivity contribution in [2.45, 2.75) is 6.04 Å². The van der Waals surface area contributed by atoms with Gasteiger partial charge in [-0.3, -0.25) is 4.79 Å². The van der Waals surface area contributed by atoms with Crippen molar-refractivity contribution in [1.82, 2.24) is 0 Å². The van der Waals surface area contributed by atoms with E-state index in [1.807, 2.05) is 30.3 Å². The van der Waals surface area contributed by atoms with Crippen molar-refractivity contribution in [3.05, 3.63) is 60.2 Å². The Kier molecular flexibility index (Phi) is 4.00. The van der Waals surface area contributed by atoms with Gasteiger partial charge in [0.25, 0.3) is 0 Å². The number of carboxylic acids is 1. The quantitative estimate of drug-likeness (QED) is 0.822. The second-order valence-electron chi connectivity index (χ2n) is 3.94. The van der Waals surface area contributed by atoms with E-state index >= 15 is 0 Å². The van der Waals surface area contributed by atoms with Gasteiger partial charge in [-0.2, -0.15) is 10.2 Å². The van der Waals surface area contributed by atoms with E-state index in [1.165, 1.54) is 0 Å². The maximum atomic E-state index is 10.7. The van der Waals surface area contributed by atoms with Crippen molar-refractivity contribution in [2.24, 2.45) is 16.0 Å². The van der Waals surface area contributed by atoms with Gasteiger partial charge >= 0.3 is 5.97 Å². The molecule has 0 fully saturated rings. The van der Waals surface area contributed by atoms with Gasteiger partial charge in [-0.25, -0.2) is 0 Å². The standard InChI is InChI=1S/C14H13N3O2/c15-13(14(18)19)10-6-8-12(9-7-10)17-16-11-4-2-1-3-5-11/h1-9,13H,15H2,(H,18,19)/t13-/m0/s1. The van der Waals surface area contributed by atoms with Gasteiger partial charge in [0, 0.05) is 0 Å². The Labute approximate surface area is 110 Å². The Morgan fingerprint density at radius 2 is 1.47 bits per heavy atom. The van der Waals surface area contributed by atoms with E-state index in [4.69, 9.17) is 10.8 Å². The fourth-order valence-electron chi connectivity index (χ4n) is 1.50. The number of carbonyl (C=O) groups is 1. The second kappa shape index (κ2) is 5.88. The monoisotopic (exact) mass is 255 g/mol. The van der Waals surface area contributed by atoms with Crippen LogP contribution in [-0.4, -0.2) is 11.1 Å². The van der Waals surface area contributed by atoms with Gasteiger partial charge in [0.2, 0.25) is 0 Å². The Morgan fingerprint density at radius 3 is 2.00 bits per heavy atom. The predicted octanol–water partition coefficient (Wildman–Crippen LogP) is 3.19. The Balaban J connectivity index is 2.11. The highest BCUT2D eigenvalue weighted by Crippen LogP contribution is 2.20. The number of hydrogen-bond donors (Lipinski definition) is 2. The first-order chi connectivity index (χ1) is 9.16. The number of azo groups is 1. The van der Waals surface area contributed by atoms with Crippen LogP contribution < -0.4 is 5.73 Å². The van der Waals surface area contributed by atoms with E-state index in [-0.39, 0.29) is 0 Å². The van der Waals surface area contributed by atoms with E-state index in [9.17, 15) is 4.79 Å². The number of rotatable bonds is 4. The number of hydrogen-bond acceptors (Lipinski definition) is 4. The molecule has 5 heteroatoms. The zero-order valence-electron chi connectivity index (χ0n) is 10.1. The number of benzene rings is 2. The summed E-state index contributed by atoms with van der Waals surface area (Å²) < 4.78 is 0. The van der Waals surface area contributed by atoms with Crippen LogP contribution in [0.2, 0.25) is 0 Å². The molecule has 0 aliphatic rings. The highest BCUT2D eigenvalue weighted by molar-refractivity contribution is 5.75. The fourth-order valence-corrected chi connectivity index (χ4v) is 1.50. The third kappa shape index (κ3) is 3.46. The van der Waals surface area contributed by atoms with Gasteiger partial charge in [0.05, 0.1) is 11.4 Å². The summed E-state index contributed by atoms with van der Waals surface area (Å²) >= 11 is 0. The summed E-state index contributed by atoms with van der Waals surface area (Å²) in [6, 6.07) is 15.0. The molecular formula is C14H13N3O2. The maximum Gasteiger partial charge on any atom is 0.325 e. The zero-order chi connectivity index (χ0) is 13.7. The molecule has 0 saturated heterocycles. The van der Waals surface area contributed by atoms with Crippen LogP contribution in [0.25, 0.3) is 0 Å². The summed E-state index contributed by atoms with van der Waals surface area (Å²) in [6.45, 7) is 0. The fraction of sp³-hybridized carbons (Fsp3) is 0.0714. The Bertz CT molecular complexity index is 579. The minimum absolute atomic E-state index is 0.533. The molecule has 19 heavy (non-hydrogen) atoms. The van der Waals surface area contributed by atoms with Crippen LogP contribution in [0.5, 0.6) is 0 Å². The van der Waals surface area contributed by atoms with Crippen molar-refractivity contribution in [3.8, 4) is 0 Å². The van der Waals surface area contributed by atoms with Crippen molar-refractivity contribution in [1.29, 1.82) is 0 Å². The van der Waals surface area contributed by atoms with Crippen LogP contribution in [-0.2, 0) is 4.79 Å². The molecule has 0 aliphatic heterocycles. The third-order valence-corrected chi connectivity index (χ3v) is 2.56. The van der Waals surface area contributed by atoms with Crippen molar-refractivity contribution in [3.63, 3.8) is 0 Å². The Morgan fingerprint density at radius 1 is 0.947 bits per heavy atom. The minimum atomic E-state index is -1.06. The van der Waals surface area contributed by atoms with Crippen molar-refractivity contribution >= 4 is 17.3 Å². The molecule has 0 saturated carbocycles. The second-order valence-corrected chi connectivity index (χ2v) is 3.94. The molecule has 2 aromatic rings. The van der Waals surface area contributed by atoms with Crippen LogP contribution in [0.4, 0.5) is 11.4 Å². The molecule has 0 radical (unpaired) electrons. The molecule has 0 unspecified atom stereocenters. The molecule has 0 heterocycles. The molecule has 5 nitrogen and oxygen atoms in total. The van der Waals surface area contributed by atoms with Crippen LogP contribution in [0.1, 0.15) is 11.6 Å². The third-order valence-electron chi connectivity index (χ3n) is 2.56. The van der Waals surface area contributed by atoms with Gasteiger partial charge in [-0.1, -0.05) is 30.3 Å². The highest BCUT2D eigenvalue weighted by Gasteiger charge is 2.13. The molecule has 3 N–H and O–H groups in total. The molecule has 2 rings (SSSR count). The molecule has 96 valence electrons. The van der Waals surface area contributed by atoms with Crippen LogP contribution in [0.15, 0.2) is 64.8 Å². The number of nitrogens with two attached hydrogens (primary N) is 1. The molecule has 0 bridgehead atoms. The average Bonchev–Trinajstić information content (AvgIpc) is 2.46. The van der Waals surface area contributed by atoms with E-state index in [1.54, 1.807) is 24.3 Å². The molecular weight excluding hydrogens is 242 g/mol. The number of aliphatic carboxylic acids is 1. The number of carboxylic acid groups (broad SMARTS) is 1. The highest BCUT2D eigenvalue weighted by atomic mass is 16.4. The van der Waals surface area contributed by atoms with Crippen LogP contribution in [0.3, 0.4) is 0 Å². The predicted molar refractivity (Wildman–Crippen MR) is 71.6 cm³/mol. The summed E-state index contributed by atoms with van der Waals surface area (Å²) in [5.41, 5.74) is 7.43. The minimum Gasteiger partial charge on any atom is -0.480 e. The summed E-state index contributed by atoms with van der Waals surface area (Å²) in [5, 5.41) is 16.9. The van der Waals surface area contributed by atoms with Crippen LogP contribution >= 0.6 is 0 Å². The van der Waals surface area contributed by atoms with Crippen molar-refractivity contribution < 1.29 is 9.90 Å². The first kappa shape index (κ1) is 12.9. The van der Waals surface area contributed by atoms with Crippen molar-refractivity contribution in [2.75, 3.05) is 0 Å². The lowest BCUT2D eigenvalue weighted by molar-refractivity contribution is -0.138. The summed E-state index contributed by atoms with van der Waals surface area (Å²) in [6.07, 6.45) is 0. The lowest BCUT2D eigenvalue weighted by Gasteiger charge is -2.05. The molecule has 1 atom stereocenters. The molecule has 0 aliphatic carbocycles. The maximum absolute atomic E-state index is 10.7. The largest absolute Gasteiger partial charge is 0.480 e. The van der Waals surface area contributed by atoms with Gasteiger partial charge in [0.15, 0.2) is 0 Å². The van der Waals surface area contributed by atoms with Gasteiger partial charge in [0.1, 0.15) is 6.04 Å². The first-order valence-electron chi connectivity index (χ1n) is 5.72. The van der Waals surface area contributed by atoms with E-state index in [2.05, 4.69) is 10.2 Å². The normalized spacial score (nSPS) is 12.5. The Hall–Kier alpha value is -2.53. The molecule has 2 aromatic carbocycles. The first-order valence-corrected chi connectivity index (χ1v) is 5.72. The summed E-state index contributed by atoms with van der Waals surface area (Å²) in [4.78, 5) is 10.7. The van der Waals surface area contributed by atoms with E-state index in [0.717, 1.165) is 5.69 Å². The smallest absolute Gasteiger partial charge is 0.325 e. The lowest BCUT2D eigenvalue weighted by atomic mass is 10.1. The zero-order valence-corrected chi connectivity index (χ0v) is 10.1. The summed E-state index contributed by atoms with van der Waals surface area (Å²) in [7, 11) is 0. The number of nitrogens with zero attached hydrogens (tertiary/aromatic N) is 2. The van der Waals surface area contributed by atoms with Gasteiger partial charge in [-0.15, -0.1) is 0 Å². The van der Waals surface area contributed by atoms with E-state index < -0.39 is 12.0 Å². The van der Waals surface area contributed by atoms with Gasteiger partial charge in [-0.05, 0) is 29.8 Å². The van der Waals surface area contributed by atoms with Crippen LogP contribution in [0, 0.1) is 0 Å². The topological polar surface area (TPSA) is 88.0 Å². The molecule has 0 aromatic heterocycles. The molecule has 0 spiro atoms. The van der Waals surface area contributed by atoms with Gasteiger partial charge < -0.3 is 10.8 Å². The van der Waals surface area contributed by atoms with E-state index in [0.29, 0.717) is 11.3 Å². The average molecular weight is 255 g/mol. The summed E-state index contributed by atoms with van der Waals surface area (Å²) in [5.74, 6) is -1.06.